The van der Waals surface area contributed by atoms with Crippen LogP contribution in [0.5, 0.6) is 0 Å². The van der Waals surface area contributed by atoms with E-state index in [2.05, 4.69) is 4.74 Å². The topological polar surface area (TPSA) is 49.8 Å². The van der Waals surface area contributed by atoms with E-state index in [1.54, 1.807) is 4.90 Å². The van der Waals surface area contributed by atoms with Crippen molar-refractivity contribution >= 4 is 6.09 Å². The molecule has 82 valence electrons. The fourth-order valence-corrected chi connectivity index (χ4v) is 1.98. The van der Waals surface area contributed by atoms with Crippen molar-refractivity contribution in [1.29, 1.82) is 0 Å². The lowest BCUT2D eigenvalue weighted by Gasteiger charge is -2.31. The number of carbonyl (C=O) groups is 1. The molecule has 1 rings (SSSR count). The molecular weight excluding hydrogens is 182 g/mol. The Balaban J connectivity index is 2.31. The van der Waals surface area contributed by atoms with Gasteiger partial charge >= 0.3 is 6.09 Å². The van der Waals surface area contributed by atoms with E-state index in [4.69, 9.17) is 5.11 Å². The van der Waals surface area contributed by atoms with Crippen molar-refractivity contribution in [3.63, 3.8) is 0 Å². The predicted octanol–water partition coefficient (Wildman–Crippen LogP) is 1.24. The van der Waals surface area contributed by atoms with E-state index in [-0.39, 0.29) is 12.7 Å². The number of hydrogen-bond donors (Lipinski definition) is 1. The molecule has 14 heavy (non-hydrogen) atoms. The summed E-state index contributed by atoms with van der Waals surface area (Å²) in [4.78, 5) is 13.0. The van der Waals surface area contributed by atoms with Crippen LogP contribution in [0.4, 0.5) is 4.79 Å². The van der Waals surface area contributed by atoms with E-state index in [1.165, 1.54) is 7.11 Å². The van der Waals surface area contributed by atoms with Crippen molar-refractivity contribution in [2.45, 2.75) is 25.7 Å². The van der Waals surface area contributed by atoms with E-state index in [9.17, 15) is 4.79 Å². The second kappa shape index (κ2) is 5.86. The molecule has 1 aliphatic rings. The van der Waals surface area contributed by atoms with E-state index in [1.807, 2.05) is 0 Å². The molecule has 1 amide bonds. The van der Waals surface area contributed by atoms with Crippen molar-refractivity contribution in [3.8, 4) is 0 Å². The smallest absolute Gasteiger partial charge is 0.409 e. The summed E-state index contributed by atoms with van der Waals surface area (Å²) in [5, 5.41) is 8.71. The fraction of sp³-hybridized carbons (Fsp3) is 0.900. The highest BCUT2D eigenvalue weighted by Gasteiger charge is 2.23. The third kappa shape index (κ3) is 3.18. The molecule has 0 aromatic rings. The summed E-state index contributed by atoms with van der Waals surface area (Å²) < 4.78 is 4.68. The number of rotatable bonds is 3. The summed E-state index contributed by atoms with van der Waals surface area (Å²) in [7, 11) is 1.42. The van der Waals surface area contributed by atoms with Crippen LogP contribution in [0, 0.1) is 5.92 Å². The third-order valence-corrected chi connectivity index (χ3v) is 2.72. The normalized spacial score (nSPS) is 22.1. The second-order valence-electron chi connectivity index (χ2n) is 3.79. The maximum Gasteiger partial charge on any atom is 0.409 e. The first-order chi connectivity index (χ1) is 6.77. The van der Waals surface area contributed by atoms with Crippen molar-refractivity contribution < 1.29 is 14.6 Å². The van der Waals surface area contributed by atoms with Gasteiger partial charge in [0, 0.05) is 19.7 Å². The van der Waals surface area contributed by atoms with E-state index in [0.29, 0.717) is 5.92 Å². The highest BCUT2D eigenvalue weighted by atomic mass is 16.5. The van der Waals surface area contributed by atoms with Crippen LogP contribution in [0.1, 0.15) is 25.7 Å². The highest BCUT2D eigenvalue weighted by Crippen LogP contribution is 2.21. The van der Waals surface area contributed by atoms with Gasteiger partial charge in [-0.2, -0.15) is 0 Å². The van der Waals surface area contributed by atoms with Gasteiger partial charge in [0.25, 0.3) is 0 Å². The molecule has 4 nitrogen and oxygen atoms in total. The second-order valence-corrected chi connectivity index (χ2v) is 3.79. The lowest BCUT2D eigenvalue weighted by molar-refractivity contribution is 0.0990. The van der Waals surface area contributed by atoms with Gasteiger partial charge in [0.2, 0.25) is 0 Å². The van der Waals surface area contributed by atoms with Crippen LogP contribution < -0.4 is 0 Å². The summed E-state index contributed by atoms with van der Waals surface area (Å²) in [5.41, 5.74) is 0. The van der Waals surface area contributed by atoms with Gasteiger partial charge in [-0.15, -0.1) is 0 Å². The Labute approximate surface area is 84.8 Å². The summed E-state index contributed by atoms with van der Waals surface area (Å²) in [5.74, 6) is 0.537. The number of ether oxygens (including phenoxy) is 1. The molecular formula is C10H19NO3. The highest BCUT2D eigenvalue weighted by molar-refractivity contribution is 5.67. The summed E-state index contributed by atoms with van der Waals surface area (Å²) in [6.07, 6.45) is 3.82. The molecule has 0 aromatic heterocycles. The molecule has 1 heterocycles. The Kier molecular flexibility index (Phi) is 4.73. The molecule has 1 unspecified atom stereocenters. The van der Waals surface area contributed by atoms with Crippen LogP contribution in [0.3, 0.4) is 0 Å². The number of nitrogens with zero attached hydrogens (tertiary/aromatic N) is 1. The van der Waals surface area contributed by atoms with Gasteiger partial charge in [-0.05, 0) is 31.6 Å². The number of carbonyl (C=O) groups excluding carboxylic acids is 1. The maximum atomic E-state index is 11.2. The maximum absolute atomic E-state index is 11.2. The fourth-order valence-electron chi connectivity index (χ4n) is 1.98. The first-order valence-corrected chi connectivity index (χ1v) is 5.21. The van der Waals surface area contributed by atoms with Gasteiger partial charge in [0.1, 0.15) is 0 Å². The Morgan fingerprint density at radius 2 is 2.43 bits per heavy atom. The van der Waals surface area contributed by atoms with Crippen LogP contribution in [-0.4, -0.2) is 42.9 Å². The Morgan fingerprint density at radius 1 is 1.64 bits per heavy atom. The first kappa shape index (κ1) is 11.3. The monoisotopic (exact) mass is 201 g/mol. The van der Waals surface area contributed by atoms with Crippen molar-refractivity contribution in [3.05, 3.63) is 0 Å². The van der Waals surface area contributed by atoms with Gasteiger partial charge in [-0.25, -0.2) is 4.79 Å². The molecule has 0 spiro atoms. The lowest BCUT2D eigenvalue weighted by Crippen LogP contribution is -2.39. The molecule has 0 aliphatic carbocycles. The number of piperidine rings is 1. The van der Waals surface area contributed by atoms with E-state index in [0.717, 1.165) is 38.8 Å². The van der Waals surface area contributed by atoms with Gasteiger partial charge in [-0.1, -0.05) is 0 Å². The third-order valence-electron chi connectivity index (χ3n) is 2.72. The van der Waals surface area contributed by atoms with Crippen LogP contribution in [0.15, 0.2) is 0 Å². The average Bonchev–Trinajstić information content (AvgIpc) is 2.25. The van der Waals surface area contributed by atoms with Gasteiger partial charge in [0.05, 0.1) is 7.11 Å². The van der Waals surface area contributed by atoms with E-state index < -0.39 is 0 Å². The quantitative estimate of drug-likeness (QED) is 0.747. The minimum atomic E-state index is -0.223. The number of amides is 1. The molecule has 4 heteroatoms. The Hall–Kier alpha value is -0.770. The van der Waals surface area contributed by atoms with Gasteiger partial charge in [0.15, 0.2) is 0 Å². The number of methoxy groups -OCH3 is 1. The summed E-state index contributed by atoms with van der Waals surface area (Å²) >= 11 is 0. The minimum Gasteiger partial charge on any atom is -0.453 e. The molecule has 0 saturated carbocycles. The number of hydrogen-bond acceptors (Lipinski definition) is 3. The lowest BCUT2D eigenvalue weighted by atomic mass is 9.94. The molecule has 1 saturated heterocycles. The van der Waals surface area contributed by atoms with Crippen molar-refractivity contribution in [2.24, 2.45) is 5.92 Å². The molecule has 0 radical (unpaired) electrons. The van der Waals surface area contributed by atoms with Gasteiger partial charge in [-0.3, -0.25) is 0 Å². The average molecular weight is 201 g/mol. The summed E-state index contributed by atoms with van der Waals surface area (Å²) in [6.45, 7) is 1.84. The minimum absolute atomic E-state index is 0.223. The first-order valence-electron chi connectivity index (χ1n) is 5.21. The van der Waals surface area contributed by atoms with Crippen LogP contribution in [0.25, 0.3) is 0 Å². The Morgan fingerprint density at radius 3 is 3.07 bits per heavy atom. The summed E-state index contributed by atoms with van der Waals surface area (Å²) in [6, 6.07) is 0. The molecule has 0 bridgehead atoms. The molecule has 1 fully saturated rings. The van der Waals surface area contributed by atoms with Gasteiger partial charge < -0.3 is 14.7 Å². The largest absolute Gasteiger partial charge is 0.453 e. The van der Waals surface area contributed by atoms with Crippen molar-refractivity contribution in [2.75, 3.05) is 26.8 Å². The molecule has 0 aromatic carbocycles. The number of aliphatic hydroxyl groups excluding tert-OH is 1. The Bertz CT molecular complexity index is 184. The molecule has 1 atom stereocenters. The van der Waals surface area contributed by atoms with Crippen LogP contribution >= 0.6 is 0 Å². The predicted molar refractivity (Wildman–Crippen MR) is 53.0 cm³/mol. The standard InChI is InChI=1S/C10H19NO3/c1-14-10(13)11-6-2-4-9(8-11)5-3-7-12/h9,12H,2-8H2,1H3. The zero-order chi connectivity index (χ0) is 10.4. The van der Waals surface area contributed by atoms with Crippen LogP contribution in [-0.2, 0) is 4.74 Å². The number of aliphatic hydroxyl groups is 1. The zero-order valence-corrected chi connectivity index (χ0v) is 8.74. The zero-order valence-electron chi connectivity index (χ0n) is 8.74. The van der Waals surface area contributed by atoms with Crippen LogP contribution in [0.2, 0.25) is 0 Å². The van der Waals surface area contributed by atoms with Crippen molar-refractivity contribution in [1.82, 2.24) is 4.90 Å². The molecule has 1 N–H and O–H groups in total. The number of likely N-dealkylation sites (tertiary alicyclic amines) is 1. The van der Waals surface area contributed by atoms with E-state index >= 15 is 0 Å². The molecule has 1 aliphatic heterocycles. The SMILES string of the molecule is COC(=O)N1CCCC(CCCO)C1.